The molecule has 0 aromatic rings. The topological polar surface area (TPSA) is 61.2 Å². The van der Waals surface area contributed by atoms with E-state index < -0.39 is 0 Å². The quantitative estimate of drug-likeness (QED) is 0.596. The average molecular weight is 213 g/mol. The third-order valence-electron chi connectivity index (χ3n) is 2.62. The Labute approximate surface area is 90.2 Å². The van der Waals surface area contributed by atoms with Crippen LogP contribution in [0.2, 0.25) is 0 Å². The second kappa shape index (κ2) is 5.11. The highest BCUT2D eigenvalue weighted by molar-refractivity contribution is 5.90. The van der Waals surface area contributed by atoms with Gasteiger partial charge in [0.15, 0.2) is 0 Å². The Morgan fingerprint density at radius 1 is 1.53 bits per heavy atom. The third-order valence-corrected chi connectivity index (χ3v) is 2.62. The lowest BCUT2D eigenvalue weighted by Crippen LogP contribution is -2.47. The van der Waals surface area contributed by atoms with Crippen LogP contribution in [-0.4, -0.2) is 49.4 Å². The first-order valence-corrected chi connectivity index (χ1v) is 5.32. The maximum Gasteiger partial charge on any atom is 0.242 e. The Balaban J connectivity index is 2.43. The molecule has 0 spiro atoms. The Bertz CT molecular complexity index is 255. The molecule has 1 aliphatic heterocycles. The van der Waals surface area contributed by atoms with Gasteiger partial charge in [-0.25, -0.2) is 0 Å². The molecule has 15 heavy (non-hydrogen) atoms. The van der Waals surface area contributed by atoms with Gasteiger partial charge in [-0.05, 0) is 13.5 Å². The van der Waals surface area contributed by atoms with Crippen LogP contribution < -0.4 is 10.6 Å². The van der Waals surface area contributed by atoms with Gasteiger partial charge in [-0.1, -0.05) is 13.3 Å². The van der Waals surface area contributed by atoms with Crippen molar-refractivity contribution in [1.82, 2.24) is 15.5 Å². The van der Waals surface area contributed by atoms with Crippen LogP contribution >= 0.6 is 0 Å². The predicted molar refractivity (Wildman–Crippen MR) is 57.3 cm³/mol. The molecule has 1 heterocycles. The summed E-state index contributed by atoms with van der Waals surface area (Å²) < 4.78 is 0. The third kappa shape index (κ3) is 3.20. The van der Waals surface area contributed by atoms with E-state index in [0.717, 1.165) is 13.0 Å². The minimum absolute atomic E-state index is 0.0333. The summed E-state index contributed by atoms with van der Waals surface area (Å²) in [5, 5.41) is 5.33. The molecule has 2 unspecified atom stereocenters. The van der Waals surface area contributed by atoms with Crippen molar-refractivity contribution in [2.45, 2.75) is 31.8 Å². The molecule has 2 N–H and O–H groups in total. The molecular weight excluding hydrogens is 194 g/mol. The summed E-state index contributed by atoms with van der Waals surface area (Å²) in [7, 11) is 3.47. The molecule has 5 heteroatoms. The first kappa shape index (κ1) is 12.0. The van der Waals surface area contributed by atoms with Gasteiger partial charge >= 0.3 is 0 Å². The van der Waals surface area contributed by atoms with Crippen LogP contribution in [0, 0.1) is 0 Å². The molecule has 0 bridgehead atoms. The van der Waals surface area contributed by atoms with Crippen molar-refractivity contribution < 1.29 is 9.59 Å². The van der Waals surface area contributed by atoms with E-state index in [9.17, 15) is 9.59 Å². The summed E-state index contributed by atoms with van der Waals surface area (Å²) in [6.07, 6.45) is 1.56. The number of hydrogen-bond donors (Lipinski definition) is 2. The molecule has 1 rings (SSSR count). The summed E-state index contributed by atoms with van der Waals surface area (Å²) >= 11 is 0. The highest BCUT2D eigenvalue weighted by Gasteiger charge is 2.38. The van der Waals surface area contributed by atoms with Crippen molar-refractivity contribution in [3.05, 3.63) is 0 Å². The van der Waals surface area contributed by atoms with E-state index in [1.165, 1.54) is 0 Å². The van der Waals surface area contributed by atoms with Crippen LogP contribution in [0.4, 0.5) is 0 Å². The summed E-state index contributed by atoms with van der Waals surface area (Å²) in [4.78, 5) is 24.9. The first-order valence-electron chi connectivity index (χ1n) is 5.32. The van der Waals surface area contributed by atoms with Gasteiger partial charge in [0.05, 0.1) is 0 Å². The molecular formula is C10H19N3O2. The molecule has 0 aromatic heterocycles. The minimum atomic E-state index is -0.388. The lowest BCUT2D eigenvalue weighted by Gasteiger charge is -2.16. The van der Waals surface area contributed by atoms with Gasteiger partial charge in [0.2, 0.25) is 11.8 Å². The maximum atomic E-state index is 11.6. The summed E-state index contributed by atoms with van der Waals surface area (Å²) in [5.41, 5.74) is 0. The van der Waals surface area contributed by atoms with Crippen molar-refractivity contribution in [2.75, 3.05) is 20.6 Å². The fourth-order valence-corrected chi connectivity index (χ4v) is 1.51. The number of carbonyl (C=O) groups is 2. The SMILES string of the molecule is CCC[C@H](NC(=O)C1CN1C)C(=O)NC. The van der Waals surface area contributed by atoms with E-state index in [4.69, 9.17) is 0 Å². The molecule has 1 saturated heterocycles. The van der Waals surface area contributed by atoms with Gasteiger partial charge in [0, 0.05) is 13.6 Å². The standard InChI is InChI=1S/C10H19N3O2/c1-4-5-7(9(14)11-2)12-10(15)8-6-13(8)3/h7-8H,4-6H2,1-3H3,(H,11,14)(H,12,15)/t7-,8?,13?/m0/s1. The van der Waals surface area contributed by atoms with Crippen molar-refractivity contribution in [3.8, 4) is 0 Å². The number of rotatable bonds is 5. The van der Waals surface area contributed by atoms with E-state index in [0.29, 0.717) is 6.42 Å². The minimum Gasteiger partial charge on any atom is -0.357 e. The van der Waals surface area contributed by atoms with E-state index >= 15 is 0 Å². The van der Waals surface area contributed by atoms with E-state index in [2.05, 4.69) is 10.6 Å². The van der Waals surface area contributed by atoms with Gasteiger partial charge < -0.3 is 10.6 Å². The number of hydrogen-bond acceptors (Lipinski definition) is 3. The second-order valence-electron chi connectivity index (χ2n) is 3.92. The van der Waals surface area contributed by atoms with Crippen LogP contribution in [-0.2, 0) is 9.59 Å². The molecule has 0 radical (unpaired) electrons. The fourth-order valence-electron chi connectivity index (χ4n) is 1.51. The van der Waals surface area contributed by atoms with Gasteiger partial charge in [0.1, 0.15) is 12.1 Å². The van der Waals surface area contributed by atoms with Crippen molar-refractivity contribution in [3.63, 3.8) is 0 Å². The molecule has 0 aromatic carbocycles. The number of likely N-dealkylation sites (N-methyl/N-ethyl adjacent to an activating group) is 2. The van der Waals surface area contributed by atoms with Gasteiger partial charge in [-0.2, -0.15) is 0 Å². The van der Waals surface area contributed by atoms with Crippen LogP contribution in [0.25, 0.3) is 0 Å². The summed E-state index contributed by atoms with van der Waals surface area (Å²) in [6, 6.07) is -0.421. The van der Waals surface area contributed by atoms with Gasteiger partial charge in [-0.15, -0.1) is 0 Å². The Hall–Kier alpha value is -1.10. The number of carbonyl (C=O) groups excluding carboxylic acids is 2. The van der Waals surface area contributed by atoms with Crippen LogP contribution in [0.3, 0.4) is 0 Å². The second-order valence-corrected chi connectivity index (χ2v) is 3.92. The number of amides is 2. The molecule has 2 amide bonds. The van der Waals surface area contributed by atoms with Crippen molar-refractivity contribution in [1.29, 1.82) is 0 Å². The lowest BCUT2D eigenvalue weighted by atomic mass is 10.1. The molecule has 5 nitrogen and oxygen atoms in total. The zero-order valence-corrected chi connectivity index (χ0v) is 9.54. The van der Waals surface area contributed by atoms with Crippen LogP contribution in [0.1, 0.15) is 19.8 Å². The monoisotopic (exact) mass is 213 g/mol. The molecule has 0 aliphatic carbocycles. The normalized spacial score (nSPS) is 25.5. The first-order chi connectivity index (χ1) is 7.10. The predicted octanol–water partition coefficient (Wildman–Crippen LogP) is -0.669. The highest BCUT2D eigenvalue weighted by Crippen LogP contribution is 2.13. The Kier molecular flexibility index (Phi) is 4.08. The largest absolute Gasteiger partial charge is 0.357 e. The van der Waals surface area contributed by atoms with E-state index in [1.807, 2.05) is 18.9 Å². The number of nitrogens with zero attached hydrogens (tertiary/aromatic N) is 1. The van der Waals surface area contributed by atoms with Crippen molar-refractivity contribution in [2.24, 2.45) is 0 Å². The van der Waals surface area contributed by atoms with Gasteiger partial charge in [-0.3, -0.25) is 14.5 Å². The molecule has 1 fully saturated rings. The van der Waals surface area contributed by atoms with E-state index in [-0.39, 0.29) is 23.9 Å². The average Bonchev–Trinajstić information content (AvgIpc) is 2.93. The maximum absolute atomic E-state index is 11.6. The zero-order valence-electron chi connectivity index (χ0n) is 9.54. The fraction of sp³-hybridized carbons (Fsp3) is 0.800. The smallest absolute Gasteiger partial charge is 0.242 e. The highest BCUT2D eigenvalue weighted by atomic mass is 16.2. The van der Waals surface area contributed by atoms with Crippen LogP contribution in [0.5, 0.6) is 0 Å². The molecule has 86 valence electrons. The Morgan fingerprint density at radius 3 is 2.53 bits per heavy atom. The van der Waals surface area contributed by atoms with Gasteiger partial charge in [0.25, 0.3) is 0 Å². The number of nitrogens with one attached hydrogen (secondary N) is 2. The molecule has 3 atom stereocenters. The van der Waals surface area contributed by atoms with Crippen molar-refractivity contribution >= 4 is 11.8 Å². The van der Waals surface area contributed by atoms with Crippen LogP contribution in [0.15, 0.2) is 0 Å². The lowest BCUT2D eigenvalue weighted by molar-refractivity contribution is -0.128. The molecule has 1 aliphatic rings. The summed E-state index contributed by atoms with van der Waals surface area (Å²) in [5.74, 6) is -0.159. The zero-order chi connectivity index (χ0) is 11.4. The molecule has 0 saturated carbocycles. The summed E-state index contributed by atoms with van der Waals surface area (Å²) in [6.45, 7) is 2.78. The Morgan fingerprint density at radius 2 is 2.13 bits per heavy atom. The van der Waals surface area contributed by atoms with E-state index in [1.54, 1.807) is 7.05 Å².